The second kappa shape index (κ2) is 6.70. The van der Waals surface area contributed by atoms with Gasteiger partial charge in [0.05, 0.1) is 17.7 Å². The van der Waals surface area contributed by atoms with Gasteiger partial charge in [-0.15, -0.1) is 0 Å². The molecule has 0 unspecified atom stereocenters. The molecule has 24 heavy (non-hydrogen) atoms. The largest absolute Gasteiger partial charge is 0.393 e. The van der Waals surface area contributed by atoms with E-state index in [0.29, 0.717) is 35.5 Å². The maximum Gasteiger partial charge on any atom is 0.393 e. The first-order valence-corrected chi connectivity index (χ1v) is 8.09. The van der Waals surface area contributed by atoms with Crippen LogP contribution in [-0.2, 0) is 0 Å². The molecule has 0 bridgehead atoms. The molecule has 1 saturated heterocycles. The molecule has 4 nitrogen and oxygen atoms in total. The van der Waals surface area contributed by atoms with Gasteiger partial charge in [-0.2, -0.15) is 13.2 Å². The van der Waals surface area contributed by atoms with Crippen LogP contribution in [0.15, 0.2) is 0 Å². The van der Waals surface area contributed by atoms with Gasteiger partial charge in [0, 0.05) is 17.8 Å². The molecular formula is C17H23F3N2O2. The van der Waals surface area contributed by atoms with Gasteiger partial charge in [-0.05, 0) is 52.6 Å². The van der Waals surface area contributed by atoms with Gasteiger partial charge >= 0.3 is 6.18 Å². The first kappa shape index (κ1) is 18.7. The van der Waals surface area contributed by atoms with Crippen molar-refractivity contribution in [1.82, 2.24) is 9.88 Å². The number of carbonyl (C=O) groups excluding carboxylic acids is 2. The monoisotopic (exact) mass is 344 g/mol. The molecule has 0 aliphatic carbocycles. The van der Waals surface area contributed by atoms with Crippen molar-refractivity contribution in [3.05, 3.63) is 22.5 Å². The third kappa shape index (κ3) is 3.55. The highest BCUT2D eigenvalue weighted by Crippen LogP contribution is 2.34. The van der Waals surface area contributed by atoms with E-state index in [0.717, 1.165) is 0 Å². The molecular weight excluding hydrogens is 321 g/mol. The predicted molar refractivity (Wildman–Crippen MR) is 84.4 cm³/mol. The number of nitrogens with one attached hydrogen (secondary N) is 1. The first-order chi connectivity index (χ1) is 11.0. The Balaban J connectivity index is 2.21. The summed E-state index contributed by atoms with van der Waals surface area (Å²) in [5.41, 5.74) is 1.99. The van der Waals surface area contributed by atoms with Gasteiger partial charge in [0.2, 0.25) is 0 Å². The molecule has 0 saturated carbocycles. The maximum absolute atomic E-state index is 13.0. The Morgan fingerprint density at radius 3 is 2.42 bits per heavy atom. The Kier molecular flexibility index (Phi) is 5.22. The number of rotatable bonds is 4. The SMILES string of the molecule is CC(=O)c1c(C)[nH]c(C(=O)[C@@H](C)N2CCC[C@H](C(F)(F)F)C2)c1C. The van der Waals surface area contributed by atoms with Crippen molar-refractivity contribution in [2.45, 2.75) is 52.8 Å². The molecule has 0 amide bonds. The minimum Gasteiger partial charge on any atom is -0.355 e. The molecule has 1 aliphatic rings. The second-order valence-corrected chi connectivity index (χ2v) is 6.60. The van der Waals surface area contributed by atoms with Crippen molar-refractivity contribution >= 4 is 11.6 Å². The number of hydrogen-bond acceptors (Lipinski definition) is 3. The molecule has 2 atom stereocenters. The van der Waals surface area contributed by atoms with Crippen molar-refractivity contribution in [2.24, 2.45) is 5.92 Å². The average Bonchev–Trinajstić information content (AvgIpc) is 2.80. The number of H-pyrrole nitrogens is 1. The summed E-state index contributed by atoms with van der Waals surface area (Å²) in [5, 5.41) is 0. The molecule has 2 rings (SSSR count). The van der Waals surface area contributed by atoms with Crippen LogP contribution >= 0.6 is 0 Å². The lowest BCUT2D eigenvalue weighted by molar-refractivity contribution is -0.187. The summed E-state index contributed by atoms with van der Waals surface area (Å²) in [7, 11) is 0. The van der Waals surface area contributed by atoms with Crippen LogP contribution in [0.25, 0.3) is 0 Å². The zero-order chi connectivity index (χ0) is 18.2. The highest BCUT2D eigenvalue weighted by Gasteiger charge is 2.43. The highest BCUT2D eigenvalue weighted by atomic mass is 19.4. The van der Waals surface area contributed by atoms with E-state index in [4.69, 9.17) is 0 Å². The third-order valence-corrected chi connectivity index (χ3v) is 4.88. The van der Waals surface area contributed by atoms with Crippen molar-refractivity contribution < 1.29 is 22.8 Å². The molecule has 2 heterocycles. The number of Topliss-reactive ketones (excluding diaryl/α,β-unsaturated/α-hetero) is 2. The van der Waals surface area contributed by atoms with Gasteiger partial charge < -0.3 is 4.98 Å². The van der Waals surface area contributed by atoms with Gasteiger partial charge in [0.25, 0.3) is 0 Å². The van der Waals surface area contributed by atoms with E-state index in [1.165, 1.54) is 6.92 Å². The average molecular weight is 344 g/mol. The molecule has 1 fully saturated rings. The molecule has 1 aromatic heterocycles. The summed E-state index contributed by atoms with van der Waals surface area (Å²) in [6.45, 7) is 6.77. The number of nitrogens with zero attached hydrogens (tertiary/aromatic N) is 1. The lowest BCUT2D eigenvalue weighted by atomic mass is 9.94. The zero-order valence-corrected chi connectivity index (χ0v) is 14.4. The molecule has 0 radical (unpaired) electrons. The summed E-state index contributed by atoms with van der Waals surface area (Å²) >= 11 is 0. The third-order valence-electron chi connectivity index (χ3n) is 4.88. The molecule has 1 aromatic rings. The minimum atomic E-state index is -4.23. The number of aryl methyl sites for hydroxylation is 1. The van der Waals surface area contributed by atoms with Crippen LogP contribution in [0.3, 0.4) is 0 Å². The Bertz CT molecular complexity index is 649. The van der Waals surface area contributed by atoms with Crippen LogP contribution in [0.4, 0.5) is 13.2 Å². The number of ketones is 2. The Morgan fingerprint density at radius 1 is 1.29 bits per heavy atom. The van der Waals surface area contributed by atoms with E-state index in [-0.39, 0.29) is 24.5 Å². The molecule has 7 heteroatoms. The minimum absolute atomic E-state index is 0.107. The lowest BCUT2D eigenvalue weighted by Crippen LogP contribution is -2.48. The van der Waals surface area contributed by atoms with Crippen molar-refractivity contribution in [3.8, 4) is 0 Å². The number of halogens is 3. The fourth-order valence-corrected chi connectivity index (χ4v) is 3.52. The van der Waals surface area contributed by atoms with Crippen LogP contribution in [0.2, 0.25) is 0 Å². The van der Waals surface area contributed by atoms with Crippen LogP contribution in [0, 0.1) is 19.8 Å². The van der Waals surface area contributed by atoms with E-state index in [1.54, 1.807) is 25.7 Å². The quantitative estimate of drug-likeness (QED) is 0.848. The second-order valence-electron chi connectivity index (χ2n) is 6.60. The maximum atomic E-state index is 13.0. The normalized spacial score (nSPS) is 20.9. The summed E-state index contributed by atoms with van der Waals surface area (Å²) < 4.78 is 38.9. The van der Waals surface area contributed by atoms with Crippen LogP contribution in [0.1, 0.15) is 58.8 Å². The van der Waals surface area contributed by atoms with E-state index in [2.05, 4.69) is 4.98 Å². The van der Waals surface area contributed by atoms with Gasteiger partial charge in [-0.1, -0.05) is 0 Å². The van der Waals surface area contributed by atoms with Crippen molar-refractivity contribution in [2.75, 3.05) is 13.1 Å². The van der Waals surface area contributed by atoms with E-state index >= 15 is 0 Å². The van der Waals surface area contributed by atoms with E-state index in [9.17, 15) is 22.8 Å². The highest BCUT2D eigenvalue weighted by molar-refractivity contribution is 6.05. The van der Waals surface area contributed by atoms with E-state index < -0.39 is 18.1 Å². The zero-order valence-electron chi connectivity index (χ0n) is 14.4. The van der Waals surface area contributed by atoms with Crippen molar-refractivity contribution in [3.63, 3.8) is 0 Å². The number of piperidine rings is 1. The molecule has 134 valence electrons. The van der Waals surface area contributed by atoms with Crippen LogP contribution in [-0.4, -0.2) is 46.8 Å². The fourth-order valence-electron chi connectivity index (χ4n) is 3.52. The fraction of sp³-hybridized carbons (Fsp3) is 0.647. The summed E-state index contributed by atoms with van der Waals surface area (Å²) in [4.78, 5) is 29.0. The standard InChI is InChI=1S/C17H23F3N2O2/c1-9-14(12(4)23)10(2)21-15(9)16(24)11(3)22-7-5-6-13(8-22)17(18,19)20/h11,13,21H,5-8H2,1-4H3/t11-,13+/m1/s1. The van der Waals surface area contributed by atoms with Gasteiger partial charge in [0.1, 0.15) is 0 Å². The van der Waals surface area contributed by atoms with Crippen LogP contribution < -0.4 is 0 Å². The summed E-state index contributed by atoms with van der Waals surface area (Å²) in [6, 6.07) is -0.660. The molecule has 1 aliphatic heterocycles. The number of aromatic amines is 1. The summed E-state index contributed by atoms with van der Waals surface area (Å²) in [5.74, 6) is -1.80. The molecule has 0 spiro atoms. The topological polar surface area (TPSA) is 53.2 Å². The Labute approximate surface area is 139 Å². The molecule has 1 N–H and O–H groups in total. The number of hydrogen-bond donors (Lipinski definition) is 1. The Morgan fingerprint density at radius 2 is 1.92 bits per heavy atom. The molecule has 0 aromatic carbocycles. The number of carbonyl (C=O) groups is 2. The van der Waals surface area contributed by atoms with Crippen LogP contribution in [0.5, 0.6) is 0 Å². The number of likely N-dealkylation sites (tertiary alicyclic amines) is 1. The van der Waals surface area contributed by atoms with Crippen molar-refractivity contribution in [1.29, 1.82) is 0 Å². The Hall–Kier alpha value is -1.63. The summed E-state index contributed by atoms with van der Waals surface area (Å²) in [6.07, 6.45) is -3.71. The van der Waals surface area contributed by atoms with Gasteiger partial charge in [-0.25, -0.2) is 0 Å². The van der Waals surface area contributed by atoms with E-state index in [1.807, 2.05) is 0 Å². The van der Waals surface area contributed by atoms with Gasteiger partial charge in [-0.3, -0.25) is 14.5 Å². The van der Waals surface area contributed by atoms with Gasteiger partial charge in [0.15, 0.2) is 11.6 Å². The smallest absolute Gasteiger partial charge is 0.355 e. The first-order valence-electron chi connectivity index (χ1n) is 8.09. The lowest BCUT2D eigenvalue weighted by Gasteiger charge is -2.36. The predicted octanol–water partition coefficient (Wildman–Crippen LogP) is 3.68. The number of aromatic nitrogens is 1. The number of alkyl halides is 3.